The molecule has 13 nitrogen and oxygen atoms in total. The molecule has 13 heteroatoms. The van der Waals surface area contributed by atoms with E-state index in [9.17, 15) is 19.5 Å². The van der Waals surface area contributed by atoms with Crippen molar-refractivity contribution in [1.29, 1.82) is 0 Å². The van der Waals surface area contributed by atoms with E-state index in [1.54, 1.807) is 13.8 Å². The minimum atomic E-state index is -1.58. The van der Waals surface area contributed by atoms with Gasteiger partial charge in [-0.05, 0) is 12.0 Å². The van der Waals surface area contributed by atoms with E-state index in [2.05, 4.69) is 0 Å². The second-order valence-electron chi connectivity index (χ2n) is 10.2. The number of rotatable bonds is 12. The zero-order chi connectivity index (χ0) is 31.0. The van der Waals surface area contributed by atoms with E-state index in [1.165, 1.54) is 35.2 Å². The van der Waals surface area contributed by atoms with Crippen molar-refractivity contribution in [3.63, 3.8) is 0 Å². The van der Waals surface area contributed by atoms with Gasteiger partial charge in [0.25, 0.3) is 0 Å². The van der Waals surface area contributed by atoms with Crippen LogP contribution in [0.25, 0.3) is 0 Å². The number of hydrogen-bond donors (Lipinski definition) is 1. The van der Waals surface area contributed by atoms with Crippen molar-refractivity contribution in [2.75, 3.05) is 27.9 Å². The van der Waals surface area contributed by atoms with Crippen LogP contribution in [0.5, 0.6) is 0 Å². The number of ether oxygens (including phenoxy) is 9. The quantitative estimate of drug-likeness (QED) is 0.273. The smallest absolute Gasteiger partial charge is 0.338 e. The number of methoxy groups -OCH3 is 3. The van der Waals surface area contributed by atoms with E-state index < -0.39 is 78.6 Å². The fourth-order valence-corrected chi connectivity index (χ4v) is 5.55. The van der Waals surface area contributed by atoms with Crippen LogP contribution in [0.1, 0.15) is 39.7 Å². The van der Waals surface area contributed by atoms with Crippen molar-refractivity contribution < 1.29 is 62.1 Å². The molecule has 0 aromatic heterocycles. The van der Waals surface area contributed by atoms with Gasteiger partial charge in [-0.25, -0.2) is 4.79 Å². The highest BCUT2D eigenvalue weighted by molar-refractivity contribution is 5.80. The molecule has 42 heavy (non-hydrogen) atoms. The summed E-state index contributed by atoms with van der Waals surface area (Å²) in [6.45, 7) is 5.66. The lowest BCUT2D eigenvalue weighted by Crippen LogP contribution is -2.68. The van der Waals surface area contributed by atoms with E-state index in [0.29, 0.717) is 0 Å². The van der Waals surface area contributed by atoms with Gasteiger partial charge in [-0.1, -0.05) is 44.2 Å². The molecule has 0 bridgehead atoms. The van der Waals surface area contributed by atoms with Crippen LogP contribution in [-0.4, -0.2) is 106 Å². The Bertz CT molecular complexity index is 1040. The van der Waals surface area contributed by atoms with Crippen molar-refractivity contribution in [2.45, 2.75) is 95.5 Å². The topological polar surface area (TPSA) is 155 Å². The van der Waals surface area contributed by atoms with Crippen LogP contribution in [0, 0.1) is 5.92 Å². The molecule has 1 N–H and O–H groups in total. The molecule has 1 aromatic carbocycles. The highest BCUT2D eigenvalue weighted by Gasteiger charge is 2.60. The summed E-state index contributed by atoms with van der Waals surface area (Å²) >= 11 is 0. The molecular formula is C29H42O13. The largest absolute Gasteiger partial charge is 0.467 e. The van der Waals surface area contributed by atoms with E-state index in [0.717, 1.165) is 5.56 Å². The SMILES string of the molecule is CCC1(C(=O)OC)O[C@@H](O[C@H]2C(COC(C)=O)OC(O)C(OCc3ccccc3)[C@H]2OC(C)=O)C(OC)[C@@H](OC)[C@H]1C. The first-order valence-electron chi connectivity index (χ1n) is 13.8. The van der Waals surface area contributed by atoms with E-state index in [4.69, 9.17) is 42.6 Å². The van der Waals surface area contributed by atoms with Crippen LogP contribution in [0.15, 0.2) is 30.3 Å². The maximum absolute atomic E-state index is 13.1. The van der Waals surface area contributed by atoms with Crippen LogP contribution >= 0.6 is 0 Å². The monoisotopic (exact) mass is 598 g/mol. The molecule has 10 atom stereocenters. The second kappa shape index (κ2) is 15.2. The van der Waals surface area contributed by atoms with Crippen molar-refractivity contribution >= 4 is 17.9 Å². The molecule has 0 radical (unpaired) electrons. The second-order valence-corrected chi connectivity index (χ2v) is 10.2. The summed E-state index contributed by atoms with van der Waals surface area (Å²) in [5.74, 6) is -2.44. The fourth-order valence-electron chi connectivity index (χ4n) is 5.55. The number of hydrogen-bond acceptors (Lipinski definition) is 13. The van der Waals surface area contributed by atoms with Gasteiger partial charge in [0, 0.05) is 34.0 Å². The number of benzene rings is 1. The number of aliphatic hydroxyl groups is 1. The van der Waals surface area contributed by atoms with Crippen LogP contribution in [0.2, 0.25) is 0 Å². The molecule has 0 saturated carbocycles. The molecule has 3 rings (SSSR count). The minimum Gasteiger partial charge on any atom is -0.467 e. The van der Waals surface area contributed by atoms with E-state index in [1.807, 2.05) is 30.3 Å². The van der Waals surface area contributed by atoms with Crippen LogP contribution in [-0.2, 0) is 63.6 Å². The average Bonchev–Trinajstić information content (AvgIpc) is 2.97. The van der Waals surface area contributed by atoms with Gasteiger partial charge in [-0.2, -0.15) is 0 Å². The van der Waals surface area contributed by atoms with Crippen LogP contribution in [0.3, 0.4) is 0 Å². The summed E-state index contributed by atoms with van der Waals surface area (Å²) in [6, 6.07) is 9.17. The van der Waals surface area contributed by atoms with Crippen molar-refractivity contribution in [3.05, 3.63) is 35.9 Å². The minimum absolute atomic E-state index is 0.0518. The normalized spacial score (nSPS) is 34.8. The summed E-state index contributed by atoms with van der Waals surface area (Å²) in [6.07, 6.45) is -9.04. The molecule has 1 aromatic rings. The molecule has 2 fully saturated rings. The Kier molecular flexibility index (Phi) is 12.2. The first kappa shape index (κ1) is 33.8. The highest BCUT2D eigenvalue weighted by atomic mass is 16.8. The maximum Gasteiger partial charge on any atom is 0.338 e. The van der Waals surface area contributed by atoms with E-state index >= 15 is 0 Å². The van der Waals surface area contributed by atoms with Gasteiger partial charge < -0.3 is 47.7 Å². The Morgan fingerprint density at radius 3 is 2.14 bits per heavy atom. The lowest BCUT2D eigenvalue weighted by molar-refractivity contribution is -0.369. The summed E-state index contributed by atoms with van der Waals surface area (Å²) < 4.78 is 52.0. The van der Waals surface area contributed by atoms with Gasteiger partial charge in [0.15, 0.2) is 24.3 Å². The third kappa shape index (κ3) is 7.46. The fraction of sp³-hybridized carbons (Fsp3) is 0.690. The van der Waals surface area contributed by atoms with Crippen molar-refractivity contribution in [2.24, 2.45) is 5.92 Å². The molecule has 0 amide bonds. The molecule has 2 aliphatic rings. The Hall–Kier alpha value is -2.65. The maximum atomic E-state index is 13.1. The summed E-state index contributed by atoms with van der Waals surface area (Å²) in [7, 11) is 4.17. The first-order chi connectivity index (χ1) is 20.0. The predicted molar refractivity (Wildman–Crippen MR) is 144 cm³/mol. The molecule has 2 aliphatic heterocycles. The number of carbonyl (C=O) groups is 3. The van der Waals surface area contributed by atoms with Gasteiger partial charge >= 0.3 is 17.9 Å². The van der Waals surface area contributed by atoms with Gasteiger partial charge in [-0.3, -0.25) is 9.59 Å². The zero-order valence-corrected chi connectivity index (χ0v) is 25.1. The number of esters is 3. The molecular weight excluding hydrogens is 556 g/mol. The molecule has 2 heterocycles. The lowest BCUT2D eigenvalue weighted by atomic mass is 9.77. The summed E-state index contributed by atoms with van der Waals surface area (Å²) in [5, 5.41) is 11.0. The average molecular weight is 599 g/mol. The van der Waals surface area contributed by atoms with Gasteiger partial charge in [-0.15, -0.1) is 0 Å². The summed E-state index contributed by atoms with van der Waals surface area (Å²) in [4.78, 5) is 37.1. The third-order valence-corrected chi connectivity index (χ3v) is 7.69. The molecule has 5 unspecified atom stereocenters. The van der Waals surface area contributed by atoms with Crippen LogP contribution in [0.4, 0.5) is 0 Å². The Labute approximate surface area is 245 Å². The number of carbonyl (C=O) groups excluding carboxylic acids is 3. The van der Waals surface area contributed by atoms with Gasteiger partial charge in [0.1, 0.15) is 31.0 Å². The Morgan fingerprint density at radius 1 is 0.929 bits per heavy atom. The predicted octanol–water partition coefficient (Wildman–Crippen LogP) is 1.51. The summed E-state index contributed by atoms with van der Waals surface area (Å²) in [5.41, 5.74) is -0.682. The molecule has 236 valence electrons. The zero-order valence-electron chi connectivity index (χ0n) is 25.1. The van der Waals surface area contributed by atoms with Crippen LogP contribution < -0.4 is 0 Å². The van der Waals surface area contributed by atoms with Crippen molar-refractivity contribution in [1.82, 2.24) is 0 Å². The highest BCUT2D eigenvalue weighted by Crippen LogP contribution is 2.42. The lowest BCUT2D eigenvalue weighted by Gasteiger charge is -2.51. The molecule has 0 aliphatic carbocycles. The van der Waals surface area contributed by atoms with Gasteiger partial charge in [0.2, 0.25) is 0 Å². The Morgan fingerprint density at radius 2 is 1.60 bits per heavy atom. The number of aliphatic hydroxyl groups excluding tert-OH is 1. The third-order valence-electron chi connectivity index (χ3n) is 7.69. The van der Waals surface area contributed by atoms with E-state index in [-0.39, 0.29) is 19.6 Å². The molecule has 0 spiro atoms. The van der Waals surface area contributed by atoms with Crippen molar-refractivity contribution in [3.8, 4) is 0 Å². The standard InChI is InChI=1S/C29H42O13/c1-8-29(28(33)36-7)16(2)21(34-5)25(35-6)27(42-29)41-22-20(15-37-17(3)30)40-26(32)24(23(22)39-18(4)31)38-14-19-12-10-9-11-13-19/h9-13,16,20-27,32H,8,14-15H2,1-7H3/t16-,20?,21+,22+,23+,24?,25?,26?,27-,29?/m1/s1. The first-order valence-corrected chi connectivity index (χ1v) is 13.8. The molecule has 2 saturated heterocycles. The Balaban J connectivity index is 2.02. The van der Waals surface area contributed by atoms with Gasteiger partial charge in [0.05, 0.1) is 19.8 Å².